The molecule has 26 heavy (non-hydrogen) atoms. The van der Waals surface area contributed by atoms with Crippen LogP contribution in [0.25, 0.3) is 0 Å². The second kappa shape index (κ2) is 10.8. The number of hydrogen-bond acceptors (Lipinski definition) is 6. The number of ether oxygens (including phenoxy) is 2. The number of benzene rings is 1. The molecule has 1 rings (SSSR count). The van der Waals surface area contributed by atoms with Gasteiger partial charge in [0, 0.05) is 16.7 Å². The first-order valence-corrected chi connectivity index (χ1v) is 12.7. The minimum Gasteiger partial charge on any atom is -0.490 e. The first-order chi connectivity index (χ1) is 12.1. The Morgan fingerprint density at radius 1 is 0.808 bits per heavy atom. The number of unbranched alkanes of at least 4 members (excludes halogenated alkanes) is 2. The van der Waals surface area contributed by atoms with Crippen molar-refractivity contribution in [3.05, 3.63) is 12.1 Å². The van der Waals surface area contributed by atoms with Crippen LogP contribution in [0, 0.1) is 0 Å². The molecule has 8 nitrogen and oxygen atoms in total. The number of hydrogen-bond donors (Lipinski definition) is 2. The lowest BCUT2D eigenvalue weighted by molar-refractivity contribution is 0.255. The van der Waals surface area contributed by atoms with Gasteiger partial charge in [-0.3, -0.25) is 9.11 Å². The van der Waals surface area contributed by atoms with Crippen molar-refractivity contribution < 1.29 is 35.4 Å². The Morgan fingerprint density at radius 3 is 1.81 bits per heavy atom. The van der Waals surface area contributed by atoms with Crippen LogP contribution >= 0.6 is 31.9 Å². The first kappa shape index (κ1) is 23.6. The van der Waals surface area contributed by atoms with Crippen molar-refractivity contribution in [3.8, 4) is 11.5 Å². The summed E-state index contributed by atoms with van der Waals surface area (Å²) in [6.45, 7) is 0.306. The van der Waals surface area contributed by atoms with E-state index in [0.29, 0.717) is 18.9 Å². The Bertz CT molecular complexity index is 793. The van der Waals surface area contributed by atoms with Crippen molar-refractivity contribution in [2.24, 2.45) is 0 Å². The summed E-state index contributed by atoms with van der Waals surface area (Å²) in [6, 6.07) is 1.60. The Hall–Kier alpha value is -0.400. The van der Waals surface area contributed by atoms with E-state index < -0.39 is 30.0 Å². The fourth-order valence-corrected chi connectivity index (χ4v) is 3.95. The topological polar surface area (TPSA) is 127 Å². The maximum Gasteiger partial charge on any atom is 0.298 e. The van der Waals surface area contributed by atoms with Gasteiger partial charge in [-0.15, -0.1) is 0 Å². The van der Waals surface area contributed by atoms with Crippen molar-refractivity contribution in [2.75, 3.05) is 23.9 Å². The van der Waals surface area contributed by atoms with Crippen LogP contribution in [-0.2, 0) is 20.2 Å². The minimum absolute atomic E-state index is 0.136. The molecule has 0 aliphatic heterocycles. The average molecular weight is 540 g/mol. The zero-order valence-electron chi connectivity index (χ0n) is 13.7. The fourth-order valence-electron chi connectivity index (χ4n) is 1.89. The molecular weight excluding hydrogens is 520 g/mol. The molecule has 0 aromatic heterocycles. The van der Waals surface area contributed by atoms with Gasteiger partial charge < -0.3 is 9.47 Å². The number of alkyl halides is 2. The van der Waals surface area contributed by atoms with E-state index in [1.54, 1.807) is 0 Å². The maximum atomic E-state index is 11.7. The van der Waals surface area contributed by atoms with E-state index in [1.807, 2.05) is 0 Å². The predicted molar refractivity (Wildman–Crippen MR) is 103 cm³/mol. The molecule has 0 fully saturated rings. The summed E-state index contributed by atoms with van der Waals surface area (Å²) in [6.07, 6.45) is 2.77. The van der Waals surface area contributed by atoms with Gasteiger partial charge in [-0.25, -0.2) is 0 Å². The normalized spacial score (nSPS) is 12.2. The van der Waals surface area contributed by atoms with E-state index in [9.17, 15) is 25.9 Å². The first-order valence-electron chi connectivity index (χ1n) is 7.61. The van der Waals surface area contributed by atoms with Crippen molar-refractivity contribution in [1.29, 1.82) is 0 Å². The zero-order chi connectivity index (χ0) is 19.8. The molecule has 0 saturated heterocycles. The highest BCUT2D eigenvalue weighted by atomic mass is 79.9. The van der Waals surface area contributed by atoms with E-state index in [-0.39, 0.29) is 24.7 Å². The summed E-state index contributed by atoms with van der Waals surface area (Å²) in [5.41, 5.74) is 0. The third-order valence-corrected chi connectivity index (χ3v) is 5.94. The van der Waals surface area contributed by atoms with Crippen LogP contribution in [0.15, 0.2) is 21.9 Å². The van der Waals surface area contributed by atoms with Crippen molar-refractivity contribution in [1.82, 2.24) is 0 Å². The molecule has 0 unspecified atom stereocenters. The predicted octanol–water partition coefficient (Wildman–Crippen LogP) is 3.29. The molecule has 0 aliphatic carbocycles. The molecule has 150 valence electrons. The highest BCUT2D eigenvalue weighted by Crippen LogP contribution is 2.37. The second-order valence-electron chi connectivity index (χ2n) is 5.19. The van der Waals surface area contributed by atoms with Crippen LogP contribution in [0.4, 0.5) is 0 Å². The Labute approximate surface area is 170 Å². The van der Waals surface area contributed by atoms with E-state index in [4.69, 9.17) is 9.47 Å². The van der Waals surface area contributed by atoms with Crippen LogP contribution in [0.5, 0.6) is 11.5 Å². The van der Waals surface area contributed by atoms with Gasteiger partial charge in [0.05, 0.1) is 18.1 Å². The molecule has 1 aromatic carbocycles. The standard InChI is InChI=1S/C14H20Br2O8S2/c15-5-1-3-7-23-12-9-11(25(17,18)19)10-13(26(20,21)22)14(12)24-8-4-2-6-16/h9-10H,1-8H2,(H,17,18,19)(H,20,21,22). The maximum absolute atomic E-state index is 11.7. The van der Waals surface area contributed by atoms with Crippen LogP contribution < -0.4 is 9.47 Å². The second-order valence-corrected chi connectivity index (χ2v) is 9.59. The molecule has 0 aliphatic rings. The Morgan fingerprint density at radius 2 is 1.35 bits per heavy atom. The zero-order valence-corrected chi connectivity index (χ0v) is 18.5. The molecule has 0 spiro atoms. The van der Waals surface area contributed by atoms with Gasteiger partial charge in [-0.05, 0) is 31.7 Å². The van der Waals surface area contributed by atoms with Crippen LogP contribution in [0.3, 0.4) is 0 Å². The Kier molecular flexibility index (Phi) is 9.83. The van der Waals surface area contributed by atoms with Gasteiger partial charge in [-0.2, -0.15) is 16.8 Å². The van der Waals surface area contributed by atoms with Gasteiger partial charge in [0.1, 0.15) is 4.90 Å². The van der Waals surface area contributed by atoms with E-state index in [0.717, 1.165) is 29.6 Å². The van der Waals surface area contributed by atoms with Gasteiger partial charge in [0.15, 0.2) is 11.5 Å². The highest BCUT2D eigenvalue weighted by molar-refractivity contribution is 9.09. The lowest BCUT2D eigenvalue weighted by Crippen LogP contribution is -2.10. The summed E-state index contributed by atoms with van der Waals surface area (Å²) in [7, 11) is -9.53. The molecule has 2 N–H and O–H groups in total. The smallest absolute Gasteiger partial charge is 0.298 e. The summed E-state index contributed by atoms with van der Waals surface area (Å²) in [4.78, 5) is -1.49. The quantitative estimate of drug-likeness (QED) is 0.235. The van der Waals surface area contributed by atoms with Crippen LogP contribution in [-0.4, -0.2) is 49.8 Å². The molecular formula is C14H20Br2O8S2. The largest absolute Gasteiger partial charge is 0.490 e. The third-order valence-electron chi connectivity index (χ3n) is 3.13. The van der Waals surface area contributed by atoms with Crippen LogP contribution in [0.2, 0.25) is 0 Å². The highest BCUT2D eigenvalue weighted by Gasteiger charge is 2.26. The van der Waals surface area contributed by atoms with Crippen molar-refractivity contribution >= 4 is 52.1 Å². The SMILES string of the molecule is O=S(=O)(O)c1cc(OCCCCBr)c(OCCCCBr)c(S(=O)(=O)O)c1. The van der Waals surface area contributed by atoms with Gasteiger partial charge in [0.25, 0.3) is 20.2 Å². The molecule has 0 saturated carbocycles. The number of rotatable bonds is 12. The molecule has 12 heteroatoms. The molecule has 0 radical (unpaired) electrons. The summed E-state index contributed by atoms with van der Waals surface area (Å²) < 4.78 is 75.8. The fraction of sp³-hybridized carbons (Fsp3) is 0.571. The molecule has 1 aromatic rings. The van der Waals surface area contributed by atoms with Gasteiger partial charge in [0.2, 0.25) is 0 Å². The van der Waals surface area contributed by atoms with Gasteiger partial charge in [-0.1, -0.05) is 31.9 Å². The summed E-state index contributed by atoms with van der Waals surface area (Å²) in [5, 5.41) is 1.48. The van der Waals surface area contributed by atoms with E-state index in [2.05, 4.69) is 31.9 Å². The minimum atomic E-state index is -4.81. The molecule has 0 bridgehead atoms. The Balaban J connectivity index is 3.33. The van der Waals surface area contributed by atoms with Crippen molar-refractivity contribution in [2.45, 2.75) is 35.5 Å². The molecule has 0 heterocycles. The summed E-state index contributed by atoms with van der Waals surface area (Å²) >= 11 is 6.53. The monoisotopic (exact) mass is 538 g/mol. The van der Waals surface area contributed by atoms with E-state index >= 15 is 0 Å². The molecule has 0 amide bonds. The lowest BCUT2D eigenvalue weighted by Gasteiger charge is -2.16. The summed E-state index contributed by atoms with van der Waals surface area (Å²) in [5.74, 6) is -0.463. The molecule has 0 atom stereocenters. The van der Waals surface area contributed by atoms with Crippen LogP contribution in [0.1, 0.15) is 25.7 Å². The van der Waals surface area contributed by atoms with E-state index in [1.165, 1.54) is 0 Å². The van der Waals surface area contributed by atoms with Crippen molar-refractivity contribution in [3.63, 3.8) is 0 Å². The average Bonchev–Trinajstić information content (AvgIpc) is 2.54. The third kappa shape index (κ3) is 7.69. The lowest BCUT2D eigenvalue weighted by atomic mass is 10.3. The van der Waals surface area contributed by atoms with Gasteiger partial charge >= 0.3 is 0 Å². The number of halogens is 2.